The first-order chi connectivity index (χ1) is 8.27. The van der Waals surface area contributed by atoms with Gasteiger partial charge in [0.15, 0.2) is 0 Å². The average molecular weight is 234 g/mol. The van der Waals surface area contributed by atoms with Gasteiger partial charge in [0.2, 0.25) is 0 Å². The van der Waals surface area contributed by atoms with Gasteiger partial charge in [-0.1, -0.05) is 24.3 Å². The molecule has 1 aromatic rings. The minimum Gasteiger partial charge on any atom is -0.504 e. The topological polar surface area (TPSA) is 35.5 Å². The summed E-state index contributed by atoms with van der Waals surface area (Å²) in [5.41, 5.74) is 2.34. The quantitative estimate of drug-likeness (QED) is 0.561. The molecule has 1 aromatic carbocycles. The summed E-state index contributed by atoms with van der Waals surface area (Å²) >= 11 is 0. The third kappa shape index (κ3) is 4.72. The van der Waals surface area contributed by atoms with Crippen molar-refractivity contribution in [2.75, 3.05) is 14.2 Å². The standard InChI is InChI=1S/C14H18O3/c1-16-11-10-13-7-4-3-6-12(13)8-5-9-14(15)17-2/h3-4,6-7,10-11H,5,8-9H2,1-2H3/b11-10-. The summed E-state index contributed by atoms with van der Waals surface area (Å²) in [5, 5.41) is 0. The number of esters is 1. The molecule has 0 fully saturated rings. The first kappa shape index (κ1) is 13.3. The number of ether oxygens (including phenoxy) is 2. The van der Waals surface area contributed by atoms with Gasteiger partial charge in [-0.05, 0) is 30.0 Å². The van der Waals surface area contributed by atoms with E-state index >= 15 is 0 Å². The van der Waals surface area contributed by atoms with Crippen molar-refractivity contribution in [3.05, 3.63) is 41.7 Å². The summed E-state index contributed by atoms with van der Waals surface area (Å²) in [6.07, 6.45) is 5.69. The second-order valence-corrected chi connectivity index (χ2v) is 3.67. The summed E-state index contributed by atoms with van der Waals surface area (Å²) in [6, 6.07) is 8.08. The Bertz CT molecular complexity index is 383. The predicted octanol–water partition coefficient (Wildman–Crippen LogP) is 2.80. The Hall–Kier alpha value is -1.77. The molecule has 0 radical (unpaired) electrons. The van der Waals surface area contributed by atoms with Crippen LogP contribution in [0.25, 0.3) is 6.08 Å². The van der Waals surface area contributed by atoms with Crippen LogP contribution in [0.4, 0.5) is 0 Å². The van der Waals surface area contributed by atoms with E-state index in [1.165, 1.54) is 12.7 Å². The molecule has 0 aliphatic rings. The Balaban J connectivity index is 2.57. The Kier molecular flexibility index (Phi) is 5.86. The van der Waals surface area contributed by atoms with Crippen LogP contribution in [-0.2, 0) is 20.7 Å². The molecule has 3 heteroatoms. The normalized spacial score (nSPS) is 10.5. The molecule has 0 aliphatic heterocycles. The molecular formula is C14H18O3. The van der Waals surface area contributed by atoms with Gasteiger partial charge in [-0.3, -0.25) is 4.79 Å². The first-order valence-corrected chi connectivity index (χ1v) is 5.62. The fourth-order valence-electron chi connectivity index (χ4n) is 1.59. The van der Waals surface area contributed by atoms with Crippen LogP contribution in [0.2, 0.25) is 0 Å². The SMILES string of the molecule is CO/C=C\c1ccccc1CCCC(=O)OC. The summed E-state index contributed by atoms with van der Waals surface area (Å²) in [6.45, 7) is 0. The van der Waals surface area contributed by atoms with Gasteiger partial charge in [-0.15, -0.1) is 0 Å². The summed E-state index contributed by atoms with van der Waals surface area (Å²) in [5.74, 6) is -0.157. The highest BCUT2D eigenvalue weighted by atomic mass is 16.5. The van der Waals surface area contributed by atoms with E-state index in [-0.39, 0.29) is 5.97 Å². The van der Waals surface area contributed by atoms with E-state index in [9.17, 15) is 4.79 Å². The highest BCUT2D eigenvalue weighted by molar-refractivity contribution is 5.69. The number of benzene rings is 1. The minimum absolute atomic E-state index is 0.157. The van der Waals surface area contributed by atoms with Crippen LogP contribution in [0.1, 0.15) is 24.0 Å². The van der Waals surface area contributed by atoms with Crippen LogP contribution in [0.3, 0.4) is 0 Å². The number of rotatable bonds is 6. The molecule has 0 heterocycles. The smallest absolute Gasteiger partial charge is 0.305 e. The fourth-order valence-corrected chi connectivity index (χ4v) is 1.59. The van der Waals surface area contributed by atoms with E-state index in [0.717, 1.165) is 18.4 Å². The van der Waals surface area contributed by atoms with Crippen molar-refractivity contribution < 1.29 is 14.3 Å². The van der Waals surface area contributed by atoms with Crippen LogP contribution in [-0.4, -0.2) is 20.2 Å². The highest BCUT2D eigenvalue weighted by Crippen LogP contribution is 2.14. The zero-order chi connectivity index (χ0) is 12.5. The van der Waals surface area contributed by atoms with E-state index in [2.05, 4.69) is 10.8 Å². The van der Waals surface area contributed by atoms with Crippen molar-refractivity contribution in [3.8, 4) is 0 Å². The van der Waals surface area contributed by atoms with Gasteiger partial charge in [0.25, 0.3) is 0 Å². The van der Waals surface area contributed by atoms with Gasteiger partial charge in [0, 0.05) is 6.42 Å². The molecule has 0 N–H and O–H groups in total. The molecule has 0 atom stereocenters. The monoisotopic (exact) mass is 234 g/mol. The zero-order valence-electron chi connectivity index (χ0n) is 10.3. The van der Waals surface area contributed by atoms with Crippen LogP contribution in [0.5, 0.6) is 0 Å². The Morgan fingerprint density at radius 3 is 2.76 bits per heavy atom. The van der Waals surface area contributed by atoms with Crippen molar-refractivity contribution in [1.29, 1.82) is 0 Å². The maximum absolute atomic E-state index is 11.0. The number of hydrogen-bond donors (Lipinski definition) is 0. The van der Waals surface area contributed by atoms with E-state index in [0.29, 0.717) is 6.42 Å². The zero-order valence-corrected chi connectivity index (χ0v) is 10.3. The lowest BCUT2D eigenvalue weighted by Crippen LogP contribution is -2.01. The molecule has 0 saturated heterocycles. The van der Waals surface area contributed by atoms with Gasteiger partial charge in [0.05, 0.1) is 20.5 Å². The molecule has 0 amide bonds. The average Bonchev–Trinajstić information content (AvgIpc) is 2.37. The van der Waals surface area contributed by atoms with E-state index < -0.39 is 0 Å². The summed E-state index contributed by atoms with van der Waals surface area (Å²) in [7, 11) is 3.04. The Labute approximate surface area is 102 Å². The van der Waals surface area contributed by atoms with Gasteiger partial charge in [-0.2, -0.15) is 0 Å². The maximum atomic E-state index is 11.0. The molecule has 0 saturated carbocycles. The molecule has 3 nitrogen and oxygen atoms in total. The minimum atomic E-state index is -0.157. The predicted molar refractivity (Wildman–Crippen MR) is 67.4 cm³/mol. The molecule has 92 valence electrons. The Morgan fingerprint density at radius 2 is 2.06 bits per heavy atom. The molecule has 1 rings (SSSR count). The molecule has 0 aromatic heterocycles. The van der Waals surface area contributed by atoms with Crippen LogP contribution in [0.15, 0.2) is 30.5 Å². The van der Waals surface area contributed by atoms with Crippen molar-refractivity contribution in [3.63, 3.8) is 0 Å². The second-order valence-electron chi connectivity index (χ2n) is 3.67. The number of methoxy groups -OCH3 is 2. The van der Waals surface area contributed by atoms with Gasteiger partial charge >= 0.3 is 5.97 Å². The van der Waals surface area contributed by atoms with E-state index in [1.54, 1.807) is 13.4 Å². The molecule has 0 bridgehead atoms. The second kappa shape index (κ2) is 7.49. The number of aryl methyl sites for hydroxylation is 1. The van der Waals surface area contributed by atoms with Crippen molar-refractivity contribution >= 4 is 12.0 Å². The van der Waals surface area contributed by atoms with E-state index in [1.807, 2.05) is 24.3 Å². The summed E-state index contributed by atoms with van der Waals surface area (Å²) in [4.78, 5) is 11.0. The molecule has 0 unspecified atom stereocenters. The first-order valence-electron chi connectivity index (χ1n) is 5.62. The molecule has 17 heavy (non-hydrogen) atoms. The number of carbonyl (C=O) groups excluding carboxylic acids is 1. The lowest BCUT2D eigenvalue weighted by molar-refractivity contribution is -0.140. The number of carbonyl (C=O) groups is 1. The largest absolute Gasteiger partial charge is 0.504 e. The molecule has 0 spiro atoms. The lowest BCUT2D eigenvalue weighted by atomic mass is 10.0. The highest BCUT2D eigenvalue weighted by Gasteiger charge is 2.02. The van der Waals surface area contributed by atoms with Gasteiger partial charge in [0.1, 0.15) is 0 Å². The van der Waals surface area contributed by atoms with Crippen molar-refractivity contribution in [2.24, 2.45) is 0 Å². The lowest BCUT2D eigenvalue weighted by Gasteiger charge is -2.05. The Morgan fingerprint density at radius 1 is 1.29 bits per heavy atom. The van der Waals surface area contributed by atoms with Crippen LogP contribution < -0.4 is 0 Å². The van der Waals surface area contributed by atoms with Crippen molar-refractivity contribution in [2.45, 2.75) is 19.3 Å². The third-order valence-corrected chi connectivity index (χ3v) is 2.49. The van der Waals surface area contributed by atoms with Gasteiger partial charge < -0.3 is 9.47 Å². The third-order valence-electron chi connectivity index (χ3n) is 2.49. The molecular weight excluding hydrogens is 216 g/mol. The van der Waals surface area contributed by atoms with E-state index in [4.69, 9.17) is 4.74 Å². The summed E-state index contributed by atoms with van der Waals surface area (Å²) < 4.78 is 9.52. The van der Waals surface area contributed by atoms with Crippen molar-refractivity contribution in [1.82, 2.24) is 0 Å². The maximum Gasteiger partial charge on any atom is 0.305 e. The van der Waals surface area contributed by atoms with Gasteiger partial charge in [-0.25, -0.2) is 0 Å². The van der Waals surface area contributed by atoms with Crippen LogP contribution >= 0.6 is 0 Å². The van der Waals surface area contributed by atoms with Crippen LogP contribution in [0, 0.1) is 0 Å². The number of hydrogen-bond acceptors (Lipinski definition) is 3. The fraction of sp³-hybridized carbons (Fsp3) is 0.357. The molecule has 0 aliphatic carbocycles.